The molecule has 2 aliphatic heterocycles. The van der Waals surface area contributed by atoms with Crippen molar-refractivity contribution in [2.75, 3.05) is 32.7 Å². The average Bonchev–Trinajstić information content (AvgIpc) is 3.20. The van der Waals surface area contributed by atoms with Gasteiger partial charge in [-0.25, -0.2) is 0 Å². The molecule has 0 aromatic heterocycles. The molecule has 1 aromatic carbocycles. The minimum absolute atomic E-state index is 0.0481. The average molecular weight is 412 g/mol. The SMILES string of the molecule is CC(NCC(=O)N1CCC(C(=O)N2CCCC2)CC1)c1ccc(Cl)cc1Cl. The fraction of sp³-hybridized carbons (Fsp3) is 0.600. The molecular weight excluding hydrogens is 385 g/mol. The highest BCUT2D eigenvalue weighted by atomic mass is 35.5. The Morgan fingerprint density at radius 2 is 1.78 bits per heavy atom. The molecule has 0 saturated carbocycles. The molecule has 0 spiro atoms. The topological polar surface area (TPSA) is 52.7 Å². The van der Waals surface area contributed by atoms with Gasteiger partial charge < -0.3 is 15.1 Å². The molecule has 1 aromatic rings. The summed E-state index contributed by atoms with van der Waals surface area (Å²) in [5, 5.41) is 4.43. The van der Waals surface area contributed by atoms with Gasteiger partial charge in [-0.3, -0.25) is 9.59 Å². The van der Waals surface area contributed by atoms with Crippen LogP contribution in [0.3, 0.4) is 0 Å². The largest absolute Gasteiger partial charge is 0.342 e. The summed E-state index contributed by atoms with van der Waals surface area (Å²) in [6, 6.07) is 5.33. The summed E-state index contributed by atoms with van der Waals surface area (Å²) in [5.41, 5.74) is 0.920. The summed E-state index contributed by atoms with van der Waals surface area (Å²) >= 11 is 12.2. The number of piperidine rings is 1. The summed E-state index contributed by atoms with van der Waals surface area (Å²) < 4.78 is 0. The molecule has 2 saturated heterocycles. The zero-order valence-electron chi connectivity index (χ0n) is 15.7. The highest BCUT2D eigenvalue weighted by Gasteiger charge is 2.31. The van der Waals surface area contributed by atoms with Gasteiger partial charge in [0.25, 0.3) is 0 Å². The first-order valence-electron chi connectivity index (χ1n) is 9.70. The minimum Gasteiger partial charge on any atom is -0.342 e. The summed E-state index contributed by atoms with van der Waals surface area (Å²) in [4.78, 5) is 28.9. The van der Waals surface area contributed by atoms with Crippen LogP contribution in [0.15, 0.2) is 18.2 Å². The van der Waals surface area contributed by atoms with E-state index < -0.39 is 0 Å². The lowest BCUT2D eigenvalue weighted by Gasteiger charge is -2.33. The number of benzene rings is 1. The molecule has 0 aliphatic carbocycles. The second-order valence-corrected chi connectivity index (χ2v) is 8.30. The fourth-order valence-corrected chi connectivity index (χ4v) is 4.46. The second-order valence-electron chi connectivity index (χ2n) is 7.46. The quantitative estimate of drug-likeness (QED) is 0.806. The van der Waals surface area contributed by atoms with E-state index in [0.29, 0.717) is 23.1 Å². The summed E-state index contributed by atoms with van der Waals surface area (Å²) in [5.74, 6) is 0.426. The lowest BCUT2D eigenvalue weighted by molar-refractivity contribution is -0.139. The van der Waals surface area contributed by atoms with E-state index >= 15 is 0 Å². The summed E-state index contributed by atoms with van der Waals surface area (Å²) in [6.07, 6.45) is 3.76. The molecule has 0 radical (unpaired) electrons. The predicted molar refractivity (Wildman–Crippen MR) is 108 cm³/mol. The third-order valence-electron chi connectivity index (χ3n) is 5.60. The standard InChI is InChI=1S/C20H27Cl2N3O2/c1-14(17-5-4-16(21)12-18(17)22)23-13-19(26)24-10-6-15(7-11-24)20(27)25-8-2-3-9-25/h4-5,12,14-15,23H,2-3,6-11,13H2,1H3. The number of amides is 2. The van der Waals surface area contributed by atoms with E-state index in [9.17, 15) is 9.59 Å². The zero-order valence-corrected chi connectivity index (χ0v) is 17.2. The molecular formula is C20H27Cl2N3O2. The lowest BCUT2D eigenvalue weighted by atomic mass is 9.95. The van der Waals surface area contributed by atoms with Gasteiger partial charge in [0.05, 0.1) is 6.54 Å². The Labute approximate surface area is 171 Å². The van der Waals surface area contributed by atoms with E-state index in [1.807, 2.05) is 22.8 Å². The van der Waals surface area contributed by atoms with Gasteiger partial charge in [-0.1, -0.05) is 29.3 Å². The Kier molecular flexibility index (Phi) is 7.01. The normalized spacial score (nSPS) is 19.4. The summed E-state index contributed by atoms with van der Waals surface area (Å²) in [7, 11) is 0. The highest BCUT2D eigenvalue weighted by Crippen LogP contribution is 2.26. The van der Waals surface area contributed by atoms with Crippen LogP contribution < -0.4 is 5.32 Å². The van der Waals surface area contributed by atoms with Crippen LogP contribution in [-0.4, -0.2) is 54.3 Å². The maximum absolute atomic E-state index is 12.5. The minimum atomic E-state index is -0.0481. The van der Waals surface area contributed by atoms with Crippen LogP contribution in [0.1, 0.15) is 44.2 Å². The number of carbonyl (C=O) groups excluding carboxylic acids is 2. The maximum Gasteiger partial charge on any atom is 0.236 e. The van der Waals surface area contributed by atoms with Crippen LogP contribution in [0.5, 0.6) is 0 Å². The number of likely N-dealkylation sites (tertiary alicyclic amines) is 2. The third-order valence-corrected chi connectivity index (χ3v) is 6.17. The van der Waals surface area contributed by atoms with Crippen LogP contribution in [0.25, 0.3) is 0 Å². The monoisotopic (exact) mass is 411 g/mol. The van der Waals surface area contributed by atoms with Crippen molar-refractivity contribution >= 4 is 35.0 Å². The van der Waals surface area contributed by atoms with E-state index in [-0.39, 0.29) is 30.3 Å². The van der Waals surface area contributed by atoms with Crippen molar-refractivity contribution in [3.8, 4) is 0 Å². The number of nitrogens with one attached hydrogen (secondary N) is 1. The van der Waals surface area contributed by atoms with Crippen LogP contribution in [-0.2, 0) is 9.59 Å². The van der Waals surface area contributed by atoms with E-state index in [1.54, 1.807) is 12.1 Å². The van der Waals surface area contributed by atoms with Crippen molar-refractivity contribution in [2.24, 2.45) is 5.92 Å². The number of carbonyl (C=O) groups is 2. The second kappa shape index (κ2) is 9.26. The number of nitrogens with zero attached hydrogens (tertiary/aromatic N) is 2. The molecule has 148 valence electrons. The van der Waals surface area contributed by atoms with E-state index in [1.165, 1.54) is 0 Å². The van der Waals surface area contributed by atoms with Crippen molar-refractivity contribution in [1.29, 1.82) is 0 Å². The molecule has 1 unspecified atom stereocenters. The van der Waals surface area contributed by atoms with E-state index in [2.05, 4.69) is 5.32 Å². The smallest absolute Gasteiger partial charge is 0.236 e. The Bertz CT molecular complexity index is 684. The van der Waals surface area contributed by atoms with E-state index in [0.717, 1.165) is 44.3 Å². The van der Waals surface area contributed by atoms with Gasteiger partial charge in [-0.15, -0.1) is 0 Å². The van der Waals surface area contributed by atoms with Gasteiger partial charge in [0.1, 0.15) is 0 Å². The lowest BCUT2D eigenvalue weighted by Crippen LogP contribution is -2.46. The third kappa shape index (κ3) is 5.15. The first kappa shape index (κ1) is 20.4. The fourth-order valence-electron chi connectivity index (χ4n) is 3.89. The first-order valence-corrected chi connectivity index (χ1v) is 10.5. The van der Waals surface area contributed by atoms with Gasteiger partial charge >= 0.3 is 0 Å². The molecule has 27 heavy (non-hydrogen) atoms. The van der Waals surface area contributed by atoms with Crippen molar-refractivity contribution in [3.63, 3.8) is 0 Å². The van der Waals surface area contributed by atoms with Crippen molar-refractivity contribution in [3.05, 3.63) is 33.8 Å². The Hall–Kier alpha value is -1.30. The molecule has 1 N–H and O–H groups in total. The molecule has 5 nitrogen and oxygen atoms in total. The number of hydrogen-bond donors (Lipinski definition) is 1. The summed E-state index contributed by atoms with van der Waals surface area (Å²) in [6.45, 7) is 5.33. The Balaban J connectivity index is 1.44. The molecule has 2 amide bonds. The molecule has 0 bridgehead atoms. The van der Waals surface area contributed by atoms with Crippen molar-refractivity contribution in [1.82, 2.24) is 15.1 Å². The number of hydrogen-bond acceptors (Lipinski definition) is 3. The van der Waals surface area contributed by atoms with Gasteiger partial charge in [0.15, 0.2) is 0 Å². The van der Waals surface area contributed by atoms with Crippen LogP contribution in [0, 0.1) is 5.92 Å². The van der Waals surface area contributed by atoms with Crippen molar-refractivity contribution in [2.45, 2.75) is 38.6 Å². The molecule has 2 aliphatic rings. The number of rotatable bonds is 5. The molecule has 7 heteroatoms. The molecule has 3 rings (SSSR count). The van der Waals surface area contributed by atoms with Crippen LogP contribution in [0.2, 0.25) is 10.0 Å². The van der Waals surface area contributed by atoms with E-state index in [4.69, 9.17) is 23.2 Å². The Morgan fingerprint density at radius 1 is 1.11 bits per heavy atom. The van der Waals surface area contributed by atoms with Gasteiger partial charge in [-0.05, 0) is 50.3 Å². The van der Waals surface area contributed by atoms with Crippen LogP contribution >= 0.6 is 23.2 Å². The molecule has 2 fully saturated rings. The molecule has 2 heterocycles. The highest BCUT2D eigenvalue weighted by molar-refractivity contribution is 6.35. The zero-order chi connectivity index (χ0) is 19.4. The number of halogens is 2. The van der Waals surface area contributed by atoms with Crippen molar-refractivity contribution < 1.29 is 9.59 Å². The Morgan fingerprint density at radius 3 is 2.41 bits per heavy atom. The maximum atomic E-state index is 12.5. The van der Waals surface area contributed by atoms with Gasteiger partial charge in [0, 0.05) is 48.2 Å². The molecule has 1 atom stereocenters. The van der Waals surface area contributed by atoms with Crippen LogP contribution in [0.4, 0.5) is 0 Å². The van der Waals surface area contributed by atoms with Gasteiger partial charge in [0.2, 0.25) is 11.8 Å². The predicted octanol–water partition coefficient (Wildman–Crippen LogP) is 3.51. The first-order chi connectivity index (χ1) is 13.0. The van der Waals surface area contributed by atoms with Gasteiger partial charge in [-0.2, -0.15) is 0 Å².